The molecule has 0 aliphatic rings. The van der Waals surface area contributed by atoms with E-state index in [4.69, 9.17) is 0 Å². The number of hydrogen-bond acceptors (Lipinski definition) is 0. The molecule has 0 atom stereocenters. The Bertz CT molecular complexity index is 1220. The van der Waals surface area contributed by atoms with Gasteiger partial charge >= 0.3 is 26.2 Å². The van der Waals surface area contributed by atoms with Crippen molar-refractivity contribution in [2.45, 2.75) is 51.9 Å². The van der Waals surface area contributed by atoms with Crippen molar-refractivity contribution in [2.75, 3.05) is 0 Å². The second kappa shape index (κ2) is 12.3. The molecule has 0 saturated heterocycles. The molecule has 5 rings (SSSR count). The molecule has 0 fully saturated rings. The van der Waals surface area contributed by atoms with Crippen LogP contribution in [0.3, 0.4) is 0 Å². The minimum Gasteiger partial charge on any atom is -1.00 e. The van der Waals surface area contributed by atoms with E-state index in [1.165, 1.54) is 32.3 Å². The average Bonchev–Trinajstić information content (AvgIpc) is 3.27. The Morgan fingerprint density at radius 1 is 0.559 bits per heavy atom. The Kier molecular flexibility index (Phi) is 11.3. The van der Waals surface area contributed by atoms with Crippen LogP contribution in [0.5, 0.6) is 0 Å². The SMILES string of the molecule is CC(C)(C)P(c1cc2ccccc2[cH-]1)C(C)(C)C.[Cl-].[Cl-].[Zr+4].c1ccc2c(c1)[cH-]c1ccccc12. The summed E-state index contributed by atoms with van der Waals surface area (Å²) in [5.74, 6) is 0. The smallest absolute Gasteiger partial charge is 1.00 e. The van der Waals surface area contributed by atoms with E-state index in [0.717, 1.165) is 0 Å². The van der Waals surface area contributed by atoms with E-state index in [1.54, 1.807) is 5.30 Å². The quantitative estimate of drug-likeness (QED) is 0.209. The van der Waals surface area contributed by atoms with Crippen LogP contribution >= 0.6 is 7.92 Å². The van der Waals surface area contributed by atoms with Crippen LogP contribution in [0.1, 0.15) is 41.5 Å². The van der Waals surface area contributed by atoms with Gasteiger partial charge < -0.3 is 24.8 Å². The molecular formula is C30H33Cl2PZr. The van der Waals surface area contributed by atoms with Gasteiger partial charge in [0.2, 0.25) is 0 Å². The molecule has 5 aromatic rings. The Balaban J connectivity index is 0.000000323. The molecule has 0 aliphatic carbocycles. The minimum atomic E-state index is -0.185. The van der Waals surface area contributed by atoms with Crippen LogP contribution in [0.25, 0.3) is 32.3 Å². The van der Waals surface area contributed by atoms with Gasteiger partial charge in [-0.2, -0.15) is 6.07 Å². The molecule has 0 heterocycles. The summed E-state index contributed by atoms with van der Waals surface area (Å²) in [7, 11) is -0.185. The van der Waals surface area contributed by atoms with E-state index in [0.29, 0.717) is 10.3 Å². The van der Waals surface area contributed by atoms with Crippen molar-refractivity contribution in [3.05, 3.63) is 91.0 Å². The zero-order valence-electron chi connectivity index (χ0n) is 20.9. The molecule has 0 aromatic heterocycles. The topological polar surface area (TPSA) is 0 Å². The van der Waals surface area contributed by atoms with Crippen LogP contribution in [0.4, 0.5) is 0 Å². The average molecular weight is 587 g/mol. The zero-order valence-corrected chi connectivity index (χ0v) is 25.7. The van der Waals surface area contributed by atoms with Gasteiger partial charge in [-0.3, -0.25) is 0 Å². The molecule has 0 N–H and O–H groups in total. The molecular weight excluding hydrogens is 553 g/mol. The molecule has 34 heavy (non-hydrogen) atoms. The second-order valence-electron chi connectivity index (χ2n) is 10.3. The molecule has 0 aliphatic heterocycles. The van der Waals surface area contributed by atoms with Crippen LogP contribution in [-0.2, 0) is 26.2 Å². The summed E-state index contributed by atoms with van der Waals surface area (Å²) >= 11 is 0. The normalized spacial score (nSPS) is 11.4. The van der Waals surface area contributed by atoms with E-state index in [-0.39, 0.29) is 58.9 Å². The fraction of sp³-hybridized carbons (Fsp3) is 0.267. The van der Waals surface area contributed by atoms with Gasteiger partial charge in [-0.15, -0.1) is 80.1 Å². The molecule has 0 saturated carbocycles. The van der Waals surface area contributed by atoms with Gasteiger partial charge in [-0.1, -0.05) is 91.9 Å². The van der Waals surface area contributed by atoms with Crippen LogP contribution in [0.15, 0.2) is 91.0 Å². The van der Waals surface area contributed by atoms with Crippen molar-refractivity contribution >= 4 is 45.5 Å². The summed E-state index contributed by atoms with van der Waals surface area (Å²) in [6.45, 7) is 14.3. The van der Waals surface area contributed by atoms with E-state index >= 15 is 0 Å². The van der Waals surface area contributed by atoms with Gasteiger partial charge in [-0.05, 0) is 10.3 Å². The Morgan fingerprint density at radius 2 is 0.971 bits per heavy atom. The number of hydrogen-bond donors (Lipinski definition) is 0. The van der Waals surface area contributed by atoms with Gasteiger partial charge in [0.1, 0.15) is 0 Å². The monoisotopic (exact) mass is 584 g/mol. The molecule has 4 heteroatoms. The fourth-order valence-corrected chi connectivity index (χ4v) is 9.05. The Labute approximate surface area is 237 Å². The maximum atomic E-state index is 2.40. The summed E-state index contributed by atoms with van der Waals surface area (Å²) in [5, 5.41) is 10.4. The van der Waals surface area contributed by atoms with Crippen LogP contribution in [0.2, 0.25) is 0 Å². The van der Waals surface area contributed by atoms with Crippen LogP contribution in [-0.4, -0.2) is 10.3 Å². The first-order valence-corrected chi connectivity index (χ1v) is 12.5. The van der Waals surface area contributed by atoms with Crippen LogP contribution < -0.4 is 30.1 Å². The van der Waals surface area contributed by atoms with Crippen molar-refractivity contribution in [2.24, 2.45) is 0 Å². The molecule has 5 aromatic carbocycles. The first-order chi connectivity index (χ1) is 14.6. The maximum absolute atomic E-state index is 2.40. The number of fused-ring (bicyclic) bond motifs is 4. The summed E-state index contributed by atoms with van der Waals surface area (Å²) in [5.41, 5.74) is 0. The first kappa shape index (κ1) is 31.1. The molecule has 0 unspecified atom stereocenters. The zero-order chi connectivity index (χ0) is 22.2. The third kappa shape index (κ3) is 6.83. The van der Waals surface area contributed by atoms with Gasteiger partial charge in [0, 0.05) is 0 Å². The molecule has 0 radical (unpaired) electrons. The standard InChI is InChI=1S/C17H24P.C13H9.2ClH.Zr/c1-16(2,3)18(17(4,5)6)15-11-13-9-7-8-10-14(13)12-15;1-3-7-12-10(5-1)9-11-6-2-4-8-13(11)12;;;/h7-12H,1-6H3;1-9H;2*1H;/q2*-1;;;+4/p-2. The Hall–Kier alpha value is -0.967. The molecule has 0 spiro atoms. The summed E-state index contributed by atoms with van der Waals surface area (Å²) in [6.07, 6.45) is 0. The molecule has 0 bridgehead atoms. The first-order valence-electron chi connectivity index (χ1n) is 11.1. The summed E-state index contributed by atoms with van der Waals surface area (Å²) in [6, 6.07) is 32.8. The predicted molar refractivity (Wildman–Crippen MR) is 143 cm³/mol. The van der Waals surface area contributed by atoms with Gasteiger partial charge in [-0.25, -0.2) is 0 Å². The van der Waals surface area contributed by atoms with Gasteiger partial charge in [0.05, 0.1) is 0 Å². The minimum absolute atomic E-state index is 0. The number of rotatable bonds is 1. The van der Waals surface area contributed by atoms with E-state index < -0.39 is 0 Å². The molecule has 0 nitrogen and oxygen atoms in total. The predicted octanol–water partition coefficient (Wildman–Crippen LogP) is 2.98. The van der Waals surface area contributed by atoms with E-state index in [1.807, 2.05) is 0 Å². The van der Waals surface area contributed by atoms with Gasteiger partial charge in [0.25, 0.3) is 0 Å². The fourth-order valence-electron chi connectivity index (χ4n) is 4.95. The van der Waals surface area contributed by atoms with Crippen molar-refractivity contribution in [1.82, 2.24) is 0 Å². The summed E-state index contributed by atoms with van der Waals surface area (Å²) in [4.78, 5) is 0. The third-order valence-corrected chi connectivity index (χ3v) is 9.18. The van der Waals surface area contributed by atoms with Gasteiger partial charge in [0.15, 0.2) is 0 Å². The summed E-state index contributed by atoms with van der Waals surface area (Å²) < 4.78 is 0. The number of halogens is 2. The second-order valence-corrected chi connectivity index (χ2v) is 14.2. The third-order valence-electron chi connectivity index (χ3n) is 5.73. The van der Waals surface area contributed by atoms with Crippen molar-refractivity contribution in [1.29, 1.82) is 0 Å². The largest absolute Gasteiger partial charge is 4.00 e. The van der Waals surface area contributed by atoms with Crippen molar-refractivity contribution < 1.29 is 51.0 Å². The molecule has 0 amide bonds. The van der Waals surface area contributed by atoms with Crippen molar-refractivity contribution in [3.63, 3.8) is 0 Å². The number of benzene rings is 3. The molecule has 176 valence electrons. The van der Waals surface area contributed by atoms with Crippen molar-refractivity contribution in [3.8, 4) is 0 Å². The maximum Gasteiger partial charge on any atom is 4.00 e. The Morgan fingerprint density at radius 3 is 1.41 bits per heavy atom. The van der Waals surface area contributed by atoms with E-state index in [2.05, 4.69) is 133 Å². The van der Waals surface area contributed by atoms with E-state index in [9.17, 15) is 0 Å². The van der Waals surface area contributed by atoms with Crippen LogP contribution in [0, 0.1) is 0 Å².